The Hall–Kier alpha value is -2.81. The molecule has 0 heterocycles. The molecule has 4 nitrogen and oxygen atoms in total. The van der Waals surface area contributed by atoms with Crippen LogP contribution in [0.15, 0.2) is 54.6 Å². The Morgan fingerprint density at radius 3 is 2.29 bits per heavy atom. The van der Waals surface area contributed by atoms with Crippen molar-refractivity contribution in [3.8, 4) is 0 Å². The summed E-state index contributed by atoms with van der Waals surface area (Å²) in [6, 6.07) is 10.7. The third-order valence-corrected chi connectivity index (χ3v) is 6.58. The van der Waals surface area contributed by atoms with Crippen molar-refractivity contribution in [3.63, 3.8) is 0 Å². The number of aldehydes is 1. The summed E-state index contributed by atoms with van der Waals surface area (Å²) in [4.78, 5) is 24.4. The van der Waals surface area contributed by atoms with E-state index in [-0.39, 0.29) is 43.9 Å². The Morgan fingerprint density at radius 1 is 0.971 bits per heavy atom. The van der Waals surface area contributed by atoms with E-state index >= 15 is 0 Å². The number of hydrogen-bond donors (Lipinski definition) is 2. The van der Waals surface area contributed by atoms with Gasteiger partial charge in [-0.05, 0) is 54.1 Å². The van der Waals surface area contributed by atoms with Gasteiger partial charge in [0.25, 0.3) is 11.8 Å². The van der Waals surface area contributed by atoms with Crippen LogP contribution in [-0.4, -0.2) is 24.7 Å². The largest absolute Gasteiger partial charge is 0.384 e. The van der Waals surface area contributed by atoms with Gasteiger partial charge in [-0.2, -0.15) is 0 Å². The number of amides is 1. The van der Waals surface area contributed by atoms with E-state index in [4.69, 9.17) is 34.8 Å². The zero-order chi connectivity index (χ0) is 25.5. The molecule has 0 aliphatic heterocycles. The van der Waals surface area contributed by atoms with E-state index in [9.17, 15) is 27.2 Å². The van der Waals surface area contributed by atoms with Crippen LogP contribution >= 0.6 is 34.8 Å². The fourth-order valence-electron chi connectivity index (χ4n) is 3.97. The van der Waals surface area contributed by atoms with Crippen LogP contribution < -0.4 is 10.6 Å². The standard InChI is InChI=1S/C24H15Cl3F4N2O2/c25-13-5-12(6-14(26)7-13)21-23(11-34,24(21,30)31)10-32-16-2-3-18(27)17(9-16)22(35)33-20-4-1-15(28)8-19(20)29/h1-9,11,21,32H,10H2,(H,33,35). The number of nitrogens with one attached hydrogen (secondary N) is 2. The summed E-state index contributed by atoms with van der Waals surface area (Å²) in [5.41, 5.74) is -2.10. The molecule has 1 aliphatic rings. The Balaban J connectivity index is 1.54. The van der Waals surface area contributed by atoms with Gasteiger partial charge in [0.2, 0.25) is 0 Å². The van der Waals surface area contributed by atoms with Gasteiger partial charge in [-0.15, -0.1) is 0 Å². The van der Waals surface area contributed by atoms with Gasteiger partial charge >= 0.3 is 0 Å². The number of hydrogen-bond acceptors (Lipinski definition) is 3. The highest BCUT2D eigenvalue weighted by atomic mass is 35.5. The summed E-state index contributed by atoms with van der Waals surface area (Å²) in [6.45, 7) is -0.465. The van der Waals surface area contributed by atoms with E-state index in [1.54, 1.807) is 0 Å². The summed E-state index contributed by atoms with van der Waals surface area (Å²) in [5.74, 6) is -7.43. The van der Waals surface area contributed by atoms with Crippen LogP contribution in [-0.2, 0) is 4.79 Å². The van der Waals surface area contributed by atoms with Crippen molar-refractivity contribution in [2.75, 3.05) is 17.2 Å². The minimum atomic E-state index is -3.37. The monoisotopic (exact) mass is 544 g/mol. The van der Waals surface area contributed by atoms with E-state index < -0.39 is 41.3 Å². The van der Waals surface area contributed by atoms with Crippen molar-refractivity contribution in [2.45, 2.75) is 11.8 Å². The van der Waals surface area contributed by atoms with Gasteiger partial charge in [-0.3, -0.25) is 4.79 Å². The molecule has 3 aromatic carbocycles. The molecule has 2 unspecified atom stereocenters. The molecular weight excluding hydrogens is 531 g/mol. The molecule has 182 valence electrons. The van der Waals surface area contributed by atoms with E-state index in [0.29, 0.717) is 6.07 Å². The second-order valence-electron chi connectivity index (χ2n) is 8.04. The molecule has 4 rings (SSSR count). The zero-order valence-electron chi connectivity index (χ0n) is 17.5. The number of rotatable bonds is 7. The normalized spacial score (nSPS) is 20.3. The molecule has 2 N–H and O–H groups in total. The second kappa shape index (κ2) is 9.33. The van der Waals surface area contributed by atoms with E-state index in [2.05, 4.69) is 10.6 Å². The third kappa shape index (κ3) is 4.70. The molecule has 0 radical (unpaired) electrons. The maximum atomic E-state index is 14.8. The summed E-state index contributed by atoms with van der Waals surface area (Å²) >= 11 is 18.0. The average molecular weight is 546 g/mol. The molecule has 1 amide bonds. The minimum Gasteiger partial charge on any atom is -0.384 e. The van der Waals surface area contributed by atoms with Crippen LogP contribution in [0, 0.1) is 17.0 Å². The fraction of sp³-hybridized carbons (Fsp3) is 0.167. The van der Waals surface area contributed by atoms with Gasteiger partial charge in [-0.25, -0.2) is 17.6 Å². The summed E-state index contributed by atoms with van der Waals surface area (Å²) < 4.78 is 56.7. The highest BCUT2D eigenvalue weighted by molar-refractivity contribution is 6.35. The Kier molecular flexibility index (Phi) is 6.74. The number of halogens is 7. The SMILES string of the molecule is O=CC1(CNc2ccc(Cl)c(C(=O)Nc3ccc(F)cc3F)c2)C(c2cc(Cl)cc(Cl)c2)C1(F)F. The van der Waals surface area contributed by atoms with Crippen LogP contribution in [0.25, 0.3) is 0 Å². The lowest BCUT2D eigenvalue weighted by molar-refractivity contribution is -0.115. The third-order valence-electron chi connectivity index (χ3n) is 5.82. The van der Waals surface area contributed by atoms with Crippen molar-refractivity contribution in [3.05, 3.63) is 92.4 Å². The first-order valence-electron chi connectivity index (χ1n) is 10.1. The Morgan fingerprint density at radius 2 is 1.66 bits per heavy atom. The number of alkyl halides is 2. The van der Waals surface area contributed by atoms with E-state index in [1.807, 2.05) is 0 Å². The summed E-state index contributed by atoms with van der Waals surface area (Å²) in [5, 5.41) is 5.35. The van der Waals surface area contributed by atoms with Crippen molar-refractivity contribution in [1.82, 2.24) is 0 Å². The minimum absolute atomic E-state index is 0.00358. The molecule has 0 spiro atoms. The first-order chi connectivity index (χ1) is 16.5. The fourth-order valence-corrected chi connectivity index (χ4v) is 4.72. The molecule has 2 atom stereocenters. The summed E-state index contributed by atoms with van der Waals surface area (Å²) in [7, 11) is 0. The zero-order valence-corrected chi connectivity index (χ0v) is 19.8. The topological polar surface area (TPSA) is 58.2 Å². The van der Waals surface area contributed by atoms with Gasteiger partial charge in [0.05, 0.1) is 22.2 Å². The predicted octanol–water partition coefficient (Wildman–Crippen LogP) is 7.21. The van der Waals surface area contributed by atoms with Crippen molar-refractivity contribution >= 4 is 58.4 Å². The highest BCUT2D eigenvalue weighted by Gasteiger charge is 2.81. The quantitative estimate of drug-likeness (QED) is 0.244. The lowest BCUT2D eigenvalue weighted by atomic mass is 10.00. The van der Waals surface area contributed by atoms with Crippen LogP contribution in [0.4, 0.5) is 28.9 Å². The van der Waals surface area contributed by atoms with Gasteiger partial charge < -0.3 is 15.4 Å². The molecule has 0 aromatic heterocycles. The van der Waals surface area contributed by atoms with E-state index in [1.165, 1.54) is 36.4 Å². The molecule has 1 saturated carbocycles. The van der Waals surface area contributed by atoms with Gasteiger partial charge in [-0.1, -0.05) is 34.8 Å². The molecule has 11 heteroatoms. The van der Waals surface area contributed by atoms with Gasteiger partial charge in [0.1, 0.15) is 23.3 Å². The number of anilines is 2. The lowest BCUT2D eigenvalue weighted by Gasteiger charge is -2.14. The van der Waals surface area contributed by atoms with Crippen LogP contribution in [0.1, 0.15) is 21.8 Å². The maximum absolute atomic E-state index is 14.8. The summed E-state index contributed by atoms with van der Waals surface area (Å²) in [6.07, 6.45) is 0.195. The van der Waals surface area contributed by atoms with Crippen molar-refractivity contribution < 1.29 is 27.2 Å². The highest BCUT2D eigenvalue weighted by Crippen LogP contribution is 2.70. The van der Waals surface area contributed by atoms with Crippen LogP contribution in [0.5, 0.6) is 0 Å². The molecular formula is C24H15Cl3F4N2O2. The molecule has 0 saturated heterocycles. The average Bonchev–Trinajstić information content (AvgIpc) is 3.29. The number of carbonyl (C=O) groups is 2. The molecule has 35 heavy (non-hydrogen) atoms. The molecule has 0 bridgehead atoms. The number of benzene rings is 3. The Labute approximate surface area is 212 Å². The predicted molar refractivity (Wildman–Crippen MR) is 127 cm³/mol. The Bertz CT molecular complexity index is 1320. The maximum Gasteiger partial charge on any atom is 0.270 e. The van der Waals surface area contributed by atoms with E-state index in [0.717, 1.165) is 12.1 Å². The molecule has 1 aliphatic carbocycles. The second-order valence-corrected chi connectivity index (χ2v) is 9.32. The smallest absolute Gasteiger partial charge is 0.270 e. The van der Waals surface area contributed by atoms with Gasteiger partial charge in [0, 0.05) is 28.3 Å². The number of carbonyl (C=O) groups excluding carboxylic acids is 2. The van der Waals surface area contributed by atoms with Crippen molar-refractivity contribution in [2.24, 2.45) is 5.41 Å². The van der Waals surface area contributed by atoms with Crippen LogP contribution in [0.3, 0.4) is 0 Å². The lowest BCUT2D eigenvalue weighted by Crippen LogP contribution is -2.24. The molecule has 1 fully saturated rings. The molecule has 3 aromatic rings. The van der Waals surface area contributed by atoms with Crippen LogP contribution in [0.2, 0.25) is 15.1 Å². The first kappa shape index (κ1) is 25.3. The first-order valence-corrected chi connectivity index (χ1v) is 11.2. The van der Waals surface area contributed by atoms with Gasteiger partial charge in [0.15, 0.2) is 0 Å². The van der Waals surface area contributed by atoms with Crippen molar-refractivity contribution in [1.29, 1.82) is 0 Å².